The third-order valence-electron chi connectivity index (χ3n) is 6.80. The van der Waals surface area contributed by atoms with E-state index >= 15 is 0 Å². The summed E-state index contributed by atoms with van der Waals surface area (Å²) in [4.78, 5) is 30.5. The van der Waals surface area contributed by atoms with E-state index in [-0.39, 0.29) is 11.8 Å². The Morgan fingerprint density at radius 3 is 2.50 bits per heavy atom. The molecule has 3 aromatic carbocycles. The number of anilines is 1. The molecule has 36 heavy (non-hydrogen) atoms. The van der Waals surface area contributed by atoms with Crippen molar-refractivity contribution in [2.24, 2.45) is 0 Å². The molecule has 0 saturated heterocycles. The Balaban J connectivity index is 1.63. The first-order valence-electron chi connectivity index (χ1n) is 12.3. The van der Waals surface area contributed by atoms with Gasteiger partial charge in [-0.05, 0) is 79.6 Å². The van der Waals surface area contributed by atoms with Crippen LogP contribution in [-0.2, 0) is 11.2 Å². The van der Waals surface area contributed by atoms with Crippen LogP contribution in [0.3, 0.4) is 0 Å². The third-order valence-corrected chi connectivity index (χ3v) is 7.53. The van der Waals surface area contributed by atoms with Crippen molar-refractivity contribution in [2.45, 2.75) is 37.1 Å². The van der Waals surface area contributed by atoms with Gasteiger partial charge in [0, 0.05) is 22.7 Å². The van der Waals surface area contributed by atoms with Gasteiger partial charge < -0.3 is 19.7 Å². The van der Waals surface area contributed by atoms with E-state index in [0.29, 0.717) is 43.2 Å². The summed E-state index contributed by atoms with van der Waals surface area (Å²) in [5.41, 5.74) is 4.10. The molecule has 2 atom stereocenters. The van der Waals surface area contributed by atoms with Crippen molar-refractivity contribution >= 4 is 29.3 Å². The van der Waals surface area contributed by atoms with Gasteiger partial charge in [0.05, 0.1) is 25.2 Å². The average Bonchev–Trinajstić information content (AvgIpc) is 2.89. The highest BCUT2D eigenvalue weighted by atomic mass is 32.2. The summed E-state index contributed by atoms with van der Waals surface area (Å²) in [6.45, 7) is 5.43. The molecule has 2 aliphatic rings. The number of fused-ring (bicyclic) bond motifs is 4. The van der Waals surface area contributed by atoms with Crippen LogP contribution < -0.4 is 14.8 Å². The summed E-state index contributed by atoms with van der Waals surface area (Å²) in [5, 5.41) is 3.13. The van der Waals surface area contributed by atoms with Gasteiger partial charge in [-0.15, -0.1) is 11.8 Å². The van der Waals surface area contributed by atoms with Crippen LogP contribution in [0.15, 0.2) is 65.6 Å². The number of amides is 2. The summed E-state index contributed by atoms with van der Waals surface area (Å²) in [5.74, 6) is 0.592. The molecule has 0 radical (unpaired) electrons. The molecule has 0 saturated carbocycles. The van der Waals surface area contributed by atoms with Crippen LogP contribution in [0.1, 0.15) is 52.9 Å². The number of carbonyl (C=O) groups is 2. The molecule has 0 bridgehead atoms. The van der Waals surface area contributed by atoms with Gasteiger partial charge in [0.1, 0.15) is 0 Å². The smallest absolute Gasteiger partial charge is 0.254 e. The molecule has 7 heteroatoms. The predicted molar refractivity (Wildman–Crippen MR) is 142 cm³/mol. The second kappa shape index (κ2) is 10.3. The minimum Gasteiger partial charge on any atom is -0.490 e. The zero-order valence-corrected chi connectivity index (χ0v) is 21.6. The van der Waals surface area contributed by atoms with Crippen molar-refractivity contribution in [1.29, 1.82) is 0 Å². The van der Waals surface area contributed by atoms with Crippen LogP contribution >= 0.6 is 11.8 Å². The normalized spacial score (nSPS) is 18.1. The number of benzene rings is 3. The Kier molecular flexibility index (Phi) is 6.92. The topological polar surface area (TPSA) is 67.9 Å². The Morgan fingerprint density at radius 2 is 1.75 bits per heavy atom. The van der Waals surface area contributed by atoms with Crippen molar-refractivity contribution in [3.8, 4) is 11.5 Å². The fourth-order valence-corrected chi connectivity index (χ4v) is 5.73. The monoisotopic (exact) mass is 502 g/mol. The van der Waals surface area contributed by atoms with Crippen molar-refractivity contribution < 1.29 is 19.1 Å². The Hall–Kier alpha value is -3.45. The molecule has 186 valence electrons. The van der Waals surface area contributed by atoms with E-state index in [9.17, 15) is 9.59 Å². The summed E-state index contributed by atoms with van der Waals surface area (Å²) >= 11 is 1.62. The summed E-state index contributed by atoms with van der Waals surface area (Å²) in [7, 11) is 0. The maximum atomic E-state index is 14.0. The lowest BCUT2D eigenvalue weighted by atomic mass is 9.75. The minimum atomic E-state index is -0.566. The zero-order valence-electron chi connectivity index (χ0n) is 20.7. The molecule has 0 fully saturated rings. The van der Waals surface area contributed by atoms with Crippen LogP contribution in [0.5, 0.6) is 11.5 Å². The van der Waals surface area contributed by atoms with Gasteiger partial charge in [0.15, 0.2) is 11.5 Å². The van der Waals surface area contributed by atoms with E-state index in [1.54, 1.807) is 11.8 Å². The molecule has 0 aliphatic carbocycles. The zero-order chi connectivity index (χ0) is 25.2. The number of nitrogens with zero attached hydrogens (tertiary/aromatic N) is 1. The van der Waals surface area contributed by atoms with Crippen molar-refractivity contribution in [3.63, 3.8) is 0 Å². The molecule has 2 amide bonds. The molecule has 5 rings (SSSR count). The van der Waals surface area contributed by atoms with Crippen molar-refractivity contribution in [3.05, 3.63) is 82.9 Å². The van der Waals surface area contributed by atoms with Crippen molar-refractivity contribution in [1.82, 2.24) is 4.90 Å². The number of ether oxygens (including phenoxy) is 2. The maximum absolute atomic E-state index is 14.0. The number of hydrogen-bond acceptors (Lipinski definition) is 5. The molecule has 0 aromatic heterocycles. The Labute approximate surface area is 216 Å². The van der Waals surface area contributed by atoms with Gasteiger partial charge in [-0.3, -0.25) is 9.59 Å². The average molecular weight is 503 g/mol. The second-order valence-electron chi connectivity index (χ2n) is 8.84. The predicted octanol–water partition coefficient (Wildman–Crippen LogP) is 5.68. The van der Waals surface area contributed by atoms with E-state index in [1.165, 1.54) is 0 Å². The lowest BCUT2D eigenvalue weighted by Crippen LogP contribution is -2.49. The number of rotatable bonds is 7. The van der Waals surface area contributed by atoms with E-state index < -0.39 is 12.0 Å². The van der Waals surface area contributed by atoms with E-state index in [1.807, 2.05) is 85.7 Å². The minimum absolute atomic E-state index is 0.0403. The Morgan fingerprint density at radius 1 is 1.00 bits per heavy atom. The molecule has 1 N–H and O–H groups in total. The maximum Gasteiger partial charge on any atom is 0.254 e. The third kappa shape index (κ3) is 4.32. The number of carbonyl (C=O) groups excluding carboxylic acids is 2. The van der Waals surface area contributed by atoms with Crippen LogP contribution in [0, 0.1) is 0 Å². The molecule has 2 heterocycles. The highest BCUT2D eigenvalue weighted by Crippen LogP contribution is 2.48. The van der Waals surface area contributed by atoms with Gasteiger partial charge in [0.2, 0.25) is 5.91 Å². The van der Waals surface area contributed by atoms with Crippen LogP contribution in [0.25, 0.3) is 0 Å². The largest absolute Gasteiger partial charge is 0.490 e. The lowest BCUT2D eigenvalue weighted by Gasteiger charge is -2.45. The van der Waals surface area contributed by atoms with E-state index in [4.69, 9.17) is 9.47 Å². The number of thioether (sulfide) groups is 1. The van der Waals surface area contributed by atoms with Crippen LogP contribution in [0.2, 0.25) is 0 Å². The lowest BCUT2D eigenvalue weighted by molar-refractivity contribution is -0.119. The SMILES string of the molecule is CCOc1cc2c(cc1OCC)[C@H]1[C@H](C(=O)Nc3cccc(SC)c3)c3ccccc3C(=O)N1CC2. The van der Waals surface area contributed by atoms with Crippen LogP contribution in [-0.4, -0.2) is 42.7 Å². The Bertz CT molecular complexity index is 1310. The van der Waals surface area contributed by atoms with Gasteiger partial charge in [-0.1, -0.05) is 24.3 Å². The fourth-order valence-electron chi connectivity index (χ4n) is 5.27. The molecule has 0 unspecified atom stereocenters. The molecular weight excluding hydrogens is 472 g/mol. The van der Waals surface area contributed by atoms with Crippen LogP contribution in [0.4, 0.5) is 5.69 Å². The summed E-state index contributed by atoms with van der Waals surface area (Å²) in [6, 6.07) is 18.8. The first-order valence-corrected chi connectivity index (χ1v) is 13.5. The molecule has 2 aliphatic heterocycles. The number of nitrogens with one attached hydrogen (secondary N) is 1. The van der Waals surface area contributed by atoms with E-state index in [0.717, 1.165) is 27.3 Å². The second-order valence-corrected chi connectivity index (χ2v) is 9.72. The first kappa shape index (κ1) is 24.3. The summed E-state index contributed by atoms with van der Waals surface area (Å²) < 4.78 is 11.8. The molecule has 6 nitrogen and oxygen atoms in total. The molecular formula is C29H30N2O4S. The summed E-state index contributed by atoms with van der Waals surface area (Å²) in [6.07, 6.45) is 2.70. The standard InChI is InChI=1S/C29H30N2O4S/c1-4-34-24-15-18-13-14-31-27(23(18)17-25(24)35-5-2)26(21-11-6-7-12-22(21)29(31)33)28(32)30-19-9-8-10-20(16-19)36-3/h6-12,15-17,26-27H,4-5,13-14H2,1-3H3,(H,30,32)/t26-,27+/m1/s1. The van der Waals surface area contributed by atoms with Crippen molar-refractivity contribution in [2.75, 3.05) is 31.3 Å². The van der Waals surface area contributed by atoms with Gasteiger partial charge in [-0.2, -0.15) is 0 Å². The highest BCUT2D eigenvalue weighted by molar-refractivity contribution is 7.98. The first-order chi connectivity index (χ1) is 17.5. The van der Waals surface area contributed by atoms with Gasteiger partial charge in [0.25, 0.3) is 5.91 Å². The molecule has 3 aromatic rings. The highest BCUT2D eigenvalue weighted by Gasteiger charge is 2.46. The van der Waals surface area contributed by atoms with E-state index in [2.05, 4.69) is 5.32 Å². The fraction of sp³-hybridized carbons (Fsp3) is 0.310. The quantitative estimate of drug-likeness (QED) is 0.421. The van der Waals surface area contributed by atoms with Gasteiger partial charge in [-0.25, -0.2) is 0 Å². The van der Waals surface area contributed by atoms with Gasteiger partial charge >= 0.3 is 0 Å². The molecule has 0 spiro atoms. The number of hydrogen-bond donors (Lipinski definition) is 1.